The van der Waals surface area contributed by atoms with Crippen LogP contribution < -0.4 is 5.32 Å². The van der Waals surface area contributed by atoms with Gasteiger partial charge in [-0.1, -0.05) is 90.9 Å². The van der Waals surface area contributed by atoms with E-state index in [0.29, 0.717) is 0 Å². The lowest BCUT2D eigenvalue weighted by Crippen LogP contribution is -2.30. The van der Waals surface area contributed by atoms with Crippen molar-refractivity contribution in [2.75, 3.05) is 6.54 Å². The number of rotatable bonds is 16. The van der Waals surface area contributed by atoms with Gasteiger partial charge in [-0.15, -0.1) is 0 Å². The summed E-state index contributed by atoms with van der Waals surface area (Å²) < 4.78 is 0. The second kappa shape index (κ2) is 13.6. The summed E-state index contributed by atoms with van der Waals surface area (Å²) >= 11 is 0. The third-order valence-corrected chi connectivity index (χ3v) is 5.03. The molecule has 0 bridgehead atoms. The summed E-state index contributed by atoms with van der Waals surface area (Å²) in [6.45, 7) is 5.70. The monoisotopic (exact) mass is 295 g/mol. The van der Waals surface area contributed by atoms with Crippen LogP contribution >= 0.6 is 0 Å². The van der Waals surface area contributed by atoms with Crippen LogP contribution in [0.5, 0.6) is 0 Å². The Kier molecular flexibility index (Phi) is 12.3. The van der Waals surface area contributed by atoms with E-state index >= 15 is 0 Å². The van der Waals surface area contributed by atoms with E-state index in [1.807, 2.05) is 0 Å². The molecule has 0 aromatic carbocycles. The Morgan fingerprint density at radius 3 is 1.62 bits per heavy atom. The van der Waals surface area contributed by atoms with Crippen molar-refractivity contribution in [3.63, 3.8) is 0 Å². The van der Waals surface area contributed by atoms with E-state index < -0.39 is 0 Å². The molecule has 1 heteroatoms. The summed E-state index contributed by atoms with van der Waals surface area (Å²) in [5.74, 6) is 1.03. The lowest BCUT2D eigenvalue weighted by atomic mass is 10.0. The molecule has 0 amide bonds. The quantitative estimate of drug-likeness (QED) is 0.322. The number of unbranched alkanes of at least 4 members (excludes halogenated alkanes) is 11. The van der Waals surface area contributed by atoms with E-state index in [0.717, 1.165) is 18.5 Å². The molecule has 0 spiro atoms. The highest BCUT2D eigenvalue weighted by molar-refractivity contribution is 4.85. The molecule has 1 nitrogen and oxygen atoms in total. The fraction of sp³-hybridized carbons (Fsp3) is 1.00. The zero-order valence-corrected chi connectivity index (χ0v) is 15.0. The van der Waals surface area contributed by atoms with E-state index in [1.165, 1.54) is 96.3 Å². The molecule has 0 radical (unpaired) electrons. The third kappa shape index (κ3) is 11.2. The lowest BCUT2D eigenvalue weighted by Gasteiger charge is -2.16. The van der Waals surface area contributed by atoms with Gasteiger partial charge in [0.1, 0.15) is 0 Å². The van der Waals surface area contributed by atoms with Gasteiger partial charge in [-0.2, -0.15) is 0 Å². The molecule has 1 N–H and O–H groups in total. The fourth-order valence-electron chi connectivity index (χ4n) is 3.47. The first-order valence-electron chi connectivity index (χ1n) is 10.1. The van der Waals surface area contributed by atoms with Crippen molar-refractivity contribution >= 4 is 0 Å². The topological polar surface area (TPSA) is 12.0 Å². The molecule has 126 valence electrons. The van der Waals surface area contributed by atoms with Gasteiger partial charge >= 0.3 is 0 Å². The molecule has 1 aliphatic rings. The summed E-state index contributed by atoms with van der Waals surface area (Å²) in [5, 5.41) is 3.68. The number of hydrogen-bond donors (Lipinski definition) is 1. The Morgan fingerprint density at radius 1 is 0.714 bits per heavy atom. The molecule has 0 aliphatic heterocycles. The highest BCUT2D eigenvalue weighted by atomic mass is 14.9. The van der Waals surface area contributed by atoms with Crippen LogP contribution in [0, 0.1) is 5.92 Å². The maximum Gasteiger partial charge on any atom is 0.00952 e. The van der Waals surface area contributed by atoms with Gasteiger partial charge in [0.05, 0.1) is 0 Å². The van der Waals surface area contributed by atoms with Crippen LogP contribution in [0.15, 0.2) is 0 Å². The minimum atomic E-state index is 0.845. The van der Waals surface area contributed by atoms with E-state index in [-0.39, 0.29) is 0 Å². The molecule has 1 atom stereocenters. The van der Waals surface area contributed by atoms with E-state index in [4.69, 9.17) is 0 Å². The largest absolute Gasteiger partial charge is 0.314 e. The van der Waals surface area contributed by atoms with Crippen LogP contribution in [0.25, 0.3) is 0 Å². The van der Waals surface area contributed by atoms with Gasteiger partial charge in [0.2, 0.25) is 0 Å². The van der Waals surface area contributed by atoms with Crippen molar-refractivity contribution in [3.8, 4) is 0 Å². The standard InChI is InChI=1S/C20H41N/c1-3-5-6-7-8-9-10-11-12-13-14-15-16-20(21-4-2)19-17-18-19/h19-21H,3-18H2,1-2H3. The minimum Gasteiger partial charge on any atom is -0.314 e. The van der Waals surface area contributed by atoms with Crippen LogP contribution in [0.2, 0.25) is 0 Å². The van der Waals surface area contributed by atoms with E-state index in [9.17, 15) is 0 Å². The van der Waals surface area contributed by atoms with Crippen molar-refractivity contribution in [3.05, 3.63) is 0 Å². The first kappa shape index (κ1) is 19.0. The molecule has 1 saturated carbocycles. The summed E-state index contributed by atoms with van der Waals surface area (Å²) in [6.07, 6.45) is 21.9. The molecule has 1 unspecified atom stereocenters. The molecule has 0 aromatic rings. The second-order valence-corrected chi connectivity index (χ2v) is 7.18. The van der Waals surface area contributed by atoms with Gasteiger partial charge in [-0.3, -0.25) is 0 Å². The first-order chi connectivity index (χ1) is 10.4. The van der Waals surface area contributed by atoms with Crippen LogP contribution in [0.4, 0.5) is 0 Å². The Balaban J connectivity index is 1.76. The molecule has 1 rings (SSSR count). The highest BCUT2D eigenvalue weighted by Crippen LogP contribution is 2.34. The molecule has 0 saturated heterocycles. The van der Waals surface area contributed by atoms with Gasteiger partial charge < -0.3 is 5.32 Å². The fourth-order valence-corrected chi connectivity index (χ4v) is 3.47. The van der Waals surface area contributed by atoms with Gasteiger partial charge in [0, 0.05) is 6.04 Å². The number of nitrogens with one attached hydrogen (secondary N) is 1. The first-order valence-corrected chi connectivity index (χ1v) is 10.1. The molecular weight excluding hydrogens is 254 g/mol. The van der Waals surface area contributed by atoms with Gasteiger partial charge in [0.25, 0.3) is 0 Å². The summed E-state index contributed by atoms with van der Waals surface area (Å²) in [4.78, 5) is 0. The van der Waals surface area contributed by atoms with Crippen LogP contribution in [-0.4, -0.2) is 12.6 Å². The molecular formula is C20H41N. The molecule has 1 fully saturated rings. The maximum absolute atomic E-state index is 3.68. The Morgan fingerprint density at radius 2 is 1.19 bits per heavy atom. The van der Waals surface area contributed by atoms with Crippen LogP contribution in [0.3, 0.4) is 0 Å². The Hall–Kier alpha value is -0.0400. The minimum absolute atomic E-state index is 0.845. The summed E-state index contributed by atoms with van der Waals surface area (Å²) in [6, 6.07) is 0.845. The molecule has 0 aromatic heterocycles. The van der Waals surface area contributed by atoms with E-state index in [2.05, 4.69) is 19.2 Å². The van der Waals surface area contributed by atoms with Crippen molar-refractivity contribution in [1.82, 2.24) is 5.32 Å². The second-order valence-electron chi connectivity index (χ2n) is 7.18. The van der Waals surface area contributed by atoms with Crippen molar-refractivity contribution < 1.29 is 0 Å². The van der Waals surface area contributed by atoms with Gasteiger partial charge in [0.15, 0.2) is 0 Å². The maximum atomic E-state index is 3.68. The predicted molar refractivity (Wildman–Crippen MR) is 95.9 cm³/mol. The molecule has 0 heterocycles. The van der Waals surface area contributed by atoms with Crippen LogP contribution in [0.1, 0.15) is 110 Å². The molecule has 21 heavy (non-hydrogen) atoms. The Labute approximate surface area is 134 Å². The average Bonchev–Trinajstić information content (AvgIpc) is 3.32. The van der Waals surface area contributed by atoms with Crippen molar-refractivity contribution in [2.24, 2.45) is 5.92 Å². The zero-order chi connectivity index (χ0) is 15.2. The number of hydrogen-bond acceptors (Lipinski definition) is 1. The normalized spacial score (nSPS) is 16.3. The van der Waals surface area contributed by atoms with E-state index in [1.54, 1.807) is 0 Å². The summed E-state index contributed by atoms with van der Waals surface area (Å²) in [7, 11) is 0. The predicted octanol–water partition coefficient (Wildman–Crippen LogP) is 6.47. The summed E-state index contributed by atoms with van der Waals surface area (Å²) in [5.41, 5.74) is 0. The van der Waals surface area contributed by atoms with Crippen LogP contribution in [-0.2, 0) is 0 Å². The highest BCUT2D eigenvalue weighted by Gasteiger charge is 2.29. The van der Waals surface area contributed by atoms with Gasteiger partial charge in [-0.05, 0) is 31.7 Å². The van der Waals surface area contributed by atoms with Gasteiger partial charge in [-0.25, -0.2) is 0 Å². The zero-order valence-electron chi connectivity index (χ0n) is 15.0. The molecule has 1 aliphatic carbocycles. The van der Waals surface area contributed by atoms with Crippen molar-refractivity contribution in [1.29, 1.82) is 0 Å². The smallest absolute Gasteiger partial charge is 0.00952 e. The SMILES string of the molecule is CCCCCCCCCCCCCCC(NCC)C1CC1. The third-order valence-electron chi connectivity index (χ3n) is 5.03. The van der Waals surface area contributed by atoms with Crippen molar-refractivity contribution in [2.45, 2.75) is 116 Å². The lowest BCUT2D eigenvalue weighted by molar-refractivity contribution is 0.422. The average molecular weight is 296 g/mol. The Bertz CT molecular complexity index is 210.